The van der Waals surface area contributed by atoms with Gasteiger partial charge in [-0.1, -0.05) is 32.9 Å². The lowest BCUT2D eigenvalue weighted by Crippen LogP contribution is -1.96. The molecular weight excluding hydrogens is 202 g/mol. The number of rotatable bonds is 3. The molecule has 0 bridgehead atoms. The van der Waals surface area contributed by atoms with Crippen LogP contribution in [-0.2, 0) is 6.42 Å². The Kier molecular flexibility index (Phi) is 2.49. The van der Waals surface area contributed by atoms with Crippen LogP contribution in [-0.4, -0.2) is 10.1 Å². The summed E-state index contributed by atoms with van der Waals surface area (Å²) in [5.41, 5.74) is -0.0175. The van der Waals surface area contributed by atoms with Gasteiger partial charge in [0.15, 0.2) is 5.82 Å². The van der Waals surface area contributed by atoms with Gasteiger partial charge in [0.2, 0.25) is 5.89 Å². The van der Waals surface area contributed by atoms with Crippen molar-refractivity contribution in [2.24, 2.45) is 17.3 Å². The molecule has 0 amide bonds. The molecule has 1 saturated carbocycles. The molecule has 0 radical (unpaired) electrons. The lowest BCUT2D eigenvalue weighted by molar-refractivity contribution is 0.361. The van der Waals surface area contributed by atoms with Crippen LogP contribution in [0.25, 0.3) is 0 Å². The highest BCUT2D eigenvalue weighted by atomic mass is 16.5. The molecule has 16 heavy (non-hydrogen) atoms. The largest absolute Gasteiger partial charge is 0.339 e. The first-order chi connectivity index (χ1) is 7.46. The van der Waals surface area contributed by atoms with Crippen LogP contribution in [0, 0.1) is 28.6 Å². The molecule has 0 spiro atoms. The standard InChI is InChI=1S/C12H17N3O/c1-7(2)5-9-14-11(16-15-9)10-8(6-13)12(10,3)4/h7-8,10H,5H2,1-4H3. The summed E-state index contributed by atoms with van der Waals surface area (Å²) in [6.45, 7) is 8.38. The molecule has 2 unspecified atom stereocenters. The first-order valence-corrected chi connectivity index (χ1v) is 5.69. The Morgan fingerprint density at radius 3 is 2.69 bits per heavy atom. The average Bonchev–Trinajstić information content (AvgIpc) is 2.55. The highest BCUT2D eigenvalue weighted by Crippen LogP contribution is 2.63. The second-order valence-corrected chi connectivity index (χ2v) is 5.55. The molecule has 1 aromatic heterocycles. The molecule has 2 rings (SSSR count). The van der Waals surface area contributed by atoms with E-state index >= 15 is 0 Å². The van der Waals surface area contributed by atoms with Gasteiger partial charge in [-0.3, -0.25) is 0 Å². The fourth-order valence-electron chi connectivity index (χ4n) is 2.18. The van der Waals surface area contributed by atoms with Gasteiger partial charge in [-0.2, -0.15) is 10.2 Å². The molecule has 1 fully saturated rings. The predicted molar refractivity (Wildman–Crippen MR) is 58.5 cm³/mol. The number of nitrogens with zero attached hydrogens (tertiary/aromatic N) is 3. The fourth-order valence-corrected chi connectivity index (χ4v) is 2.18. The minimum absolute atomic E-state index is 0.0137. The summed E-state index contributed by atoms with van der Waals surface area (Å²) in [7, 11) is 0. The summed E-state index contributed by atoms with van der Waals surface area (Å²) in [6, 6.07) is 2.30. The Labute approximate surface area is 95.7 Å². The van der Waals surface area contributed by atoms with E-state index in [0.29, 0.717) is 11.8 Å². The minimum Gasteiger partial charge on any atom is -0.339 e. The zero-order chi connectivity index (χ0) is 11.9. The Balaban J connectivity index is 2.13. The zero-order valence-electron chi connectivity index (χ0n) is 10.2. The van der Waals surface area contributed by atoms with Crippen molar-refractivity contribution in [2.45, 2.75) is 40.0 Å². The van der Waals surface area contributed by atoms with Gasteiger partial charge in [0.25, 0.3) is 0 Å². The number of hydrogen-bond donors (Lipinski definition) is 0. The van der Waals surface area contributed by atoms with Crippen LogP contribution in [0.15, 0.2) is 4.52 Å². The monoisotopic (exact) mass is 219 g/mol. The Morgan fingerprint density at radius 2 is 2.19 bits per heavy atom. The second kappa shape index (κ2) is 3.58. The highest BCUT2D eigenvalue weighted by Gasteiger charge is 2.62. The van der Waals surface area contributed by atoms with Crippen LogP contribution < -0.4 is 0 Å². The van der Waals surface area contributed by atoms with E-state index in [9.17, 15) is 0 Å². The number of aromatic nitrogens is 2. The third-order valence-electron chi connectivity index (χ3n) is 3.31. The molecule has 1 aromatic rings. The van der Waals surface area contributed by atoms with E-state index in [1.54, 1.807) is 0 Å². The van der Waals surface area contributed by atoms with Gasteiger partial charge in [0.1, 0.15) is 0 Å². The van der Waals surface area contributed by atoms with E-state index in [2.05, 4.69) is 43.9 Å². The summed E-state index contributed by atoms with van der Waals surface area (Å²) in [5.74, 6) is 2.03. The van der Waals surface area contributed by atoms with Crippen molar-refractivity contribution in [3.8, 4) is 6.07 Å². The Bertz CT molecular complexity index is 428. The molecule has 1 aliphatic carbocycles. The first-order valence-electron chi connectivity index (χ1n) is 5.69. The molecule has 0 aliphatic heterocycles. The number of hydrogen-bond acceptors (Lipinski definition) is 4. The quantitative estimate of drug-likeness (QED) is 0.783. The van der Waals surface area contributed by atoms with Gasteiger partial charge in [-0.05, 0) is 11.3 Å². The smallest absolute Gasteiger partial charge is 0.231 e. The molecule has 0 aromatic carbocycles. The van der Waals surface area contributed by atoms with Crippen molar-refractivity contribution in [2.75, 3.05) is 0 Å². The van der Waals surface area contributed by atoms with Crippen LogP contribution in [0.4, 0.5) is 0 Å². The van der Waals surface area contributed by atoms with Crippen LogP contribution >= 0.6 is 0 Å². The van der Waals surface area contributed by atoms with Crippen LogP contribution in [0.2, 0.25) is 0 Å². The molecular formula is C12H17N3O. The molecule has 0 N–H and O–H groups in total. The maximum absolute atomic E-state index is 8.99. The lowest BCUT2D eigenvalue weighted by Gasteiger charge is -1.96. The summed E-state index contributed by atoms with van der Waals surface area (Å²) >= 11 is 0. The Morgan fingerprint density at radius 1 is 1.50 bits per heavy atom. The van der Waals surface area contributed by atoms with E-state index in [0.717, 1.165) is 12.2 Å². The van der Waals surface area contributed by atoms with Crippen molar-refractivity contribution in [1.29, 1.82) is 5.26 Å². The fraction of sp³-hybridized carbons (Fsp3) is 0.750. The van der Waals surface area contributed by atoms with E-state index in [4.69, 9.17) is 9.78 Å². The van der Waals surface area contributed by atoms with Gasteiger partial charge >= 0.3 is 0 Å². The maximum Gasteiger partial charge on any atom is 0.231 e. The molecule has 2 atom stereocenters. The van der Waals surface area contributed by atoms with Crippen molar-refractivity contribution in [1.82, 2.24) is 10.1 Å². The highest BCUT2D eigenvalue weighted by molar-refractivity contribution is 5.26. The molecule has 1 heterocycles. The SMILES string of the molecule is CC(C)Cc1noc(C2C(C#N)C2(C)C)n1. The molecule has 0 saturated heterocycles. The van der Waals surface area contributed by atoms with E-state index < -0.39 is 0 Å². The molecule has 4 nitrogen and oxygen atoms in total. The minimum atomic E-state index is -0.0175. The molecule has 4 heteroatoms. The van der Waals surface area contributed by atoms with Gasteiger partial charge in [-0.25, -0.2) is 0 Å². The number of nitriles is 1. The van der Waals surface area contributed by atoms with Crippen LogP contribution in [0.1, 0.15) is 45.3 Å². The third-order valence-corrected chi connectivity index (χ3v) is 3.31. The second-order valence-electron chi connectivity index (χ2n) is 5.55. The first kappa shape index (κ1) is 11.1. The maximum atomic E-state index is 8.99. The van der Waals surface area contributed by atoms with Gasteiger partial charge < -0.3 is 4.52 Å². The van der Waals surface area contributed by atoms with Gasteiger partial charge in [-0.15, -0.1) is 0 Å². The summed E-state index contributed by atoms with van der Waals surface area (Å²) in [4.78, 5) is 4.38. The summed E-state index contributed by atoms with van der Waals surface area (Å²) in [6.07, 6.45) is 0.827. The lowest BCUT2D eigenvalue weighted by atomic mass is 10.1. The van der Waals surface area contributed by atoms with E-state index in [1.807, 2.05) is 0 Å². The van der Waals surface area contributed by atoms with E-state index in [-0.39, 0.29) is 17.3 Å². The Hall–Kier alpha value is -1.37. The molecule has 1 aliphatic rings. The van der Waals surface area contributed by atoms with E-state index in [1.165, 1.54) is 0 Å². The predicted octanol–water partition coefficient (Wildman–Crippen LogP) is 2.53. The van der Waals surface area contributed by atoms with Gasteiger partial charge in [0.05, 0.1) is 17.9 Å². The van der Waals surface area contributed by atoms with Crippen molar-refractivity contribution < 1.29 is 4.52 Å². The third kappa shape index (κ3) is 1.71. The van der Waals surface area contributed by atoms with Crippen molar-refractivity contribution in [3.05, 3.63) is 11.7 Å². The summed E-state index contributed by atoms with van der Waals surface area (Å²) in [5, 5.41) is 12.9. The molecule has 86 valence electrons. The van der Waals surface area contributed by atoms with Gasteiger partial charge in [0, 0.05) is 6.42 Å². The normalized spacial score (nSPS) is 26.8. The van der Waals surface area contributed by atoms with Crippen LogP contribution in [0.3, 0.4) is 0 Å². The average molecular weight is 219 g/mol. The zero-order valence-corrected chi connectivity index (χ0v) is 10.2. The van der Waals surface area contributed by atoms with Crippen LogP contribution in [0.5, 0.6) is 0 Å². The van der Waals surface area contributed by atoms with Crippen molar-refractivity contribution in [3.63, 3.8) is 0 Å². The topological polar surface area (TPSA) is 62.7 Å². The summed E-state index contributed by atoms with van der Waals surface area (Å²) < 4.78 is 5.24. The van der Waals surface area contributed by atoms with Crippen molar-refractivity contribution >= 4 is 0 Å².